The van der Waals surface area contributed by atoms with Crippen molar-refractivity contribution in [3.8, 4) is 0 Å². The van der Waals surface area contributed by atoms with Crippen molar-refractivity contribution < 1.29 is 0 Å². The topological polar surface area (TPSA) is 43.8 Å². The molecule has 2 rings (SSSR count). The summed E-state index contributed by atoms with van der Waals surface area (Å²) in [5.74, 6) is 2.77. The van der Waals surface area contributed by atoms with E-state index in [4.69, 9.17) is 5.73 Å². The largest absolute Gasteiger partial charge is 0.338 e. The van der Waals surface area contributed by atoms with Gasteiger partial charge in [-0.05, 0) is 24.7 Å². The molecule has 0 bridgehead atoms. The summed E-state index contributed by atoms with van der Waals surface area (Å²) in [6, 6.07) is 0.377. The molecule has 3 unspecified atom stereocenters. The standard InChI is InChI=1S/C11H19N3/c1-8-7-9(8)10(12)3-4-11-13-5-6-14(11)2/h5-6,8-10H,3-4,7,12H2,1-2H3. The van der Waals surface area contributed by atoms with Gasteiger partial charge in [0, 0.05) is 31.9 Å². The van der Waals surface area contributed by atoms with E-state index in [-0.39, 0.29) is 0 Å². The Morgan fingerprint density at radius 2 is 2.43 bits per heavy atom. The van der Waals surface area contributed by atoms with Crippen molar-refractivity contribution in [1.29, 1.82) is 0 Å². The Balaban J connectivity index is 1.80. The van der Waals surface area contributed by atoms with Crippen molar-refractivity contribution in [3.63, 3.8) is 0 Å². The highest BCUT2D eigenvalue weighted by Crippen LogP contribution is 2.40. The number of aryl methyl sites for hydroxylation is 2. The number of hydrogen-bond donors (Lipinski definition) is 1. The van der Waals surface area contributed by atoms with Crippen LogP contribution in [-0.2, 0) is 13.5 Å². The third-order valence-electron chi connectivity index (χ3n) is 3.34. The number of rotatable bonds is 4. The number of hydrogen-bond acceptors (Lipinski definition) is 2. The van der Waals surface area contributed by atoms with Crippen molar-refractivity contribution in [3.05, 3.63) is 18.2 Å². The van der Waals surface area contributed by atoms with Gasteiger partial charge in [0.15, 0.2) is 0 Å². The Kier molecular flexibility index (Phi) is 2.59. The first kappa shape index (κ1) is 9.71. The summed E-state index contributed by atoms with van der Waals surface area (Å²) < 4.78 is 2.07. The average molecular weight is 193 g/mol. The van der Waals surface area contributed by atoms with Gasteiger partial charge in [0.2, 0.25) is 0 Å². The molecule has 0 aliphatic heterocycles. The molecule has 0 spiro atoms. The lowest BCUT2D eigenvalue weighted by Gasteiger charge is -2.10. The number of nitrogens with zero attached hydrogens (tertiary/aromatic N) is 2. The molecule has 1 aliphatic carbocycles. The molecule has 1 aromatic heterocycles. The first-order valence-electron chi connectivity index (χ1n) is 5.40. The van der Waals surface area contributed by atoms with Crippen LogP contribution in [0.4, 0.5) is 0 Å². The van der Waals surface area contributed by atoms with Crippen LogP contribution in [0.5, 0.6) is 0 Å². The van der Waals surface area contributed by atoms with E-state index in [2.05, 4.69) is 16.5 Å². The Morgan fingerprint density at radius 3 is 2.93 bits per heavy atom. The molecule has 1 saturated carbocycles. The zero-order valence-electron chi connectivity index (χ0n) is 8.98. The lowest BCUT2D eigenvalue weighted by Crippen LogP contribution is -2.24. The van der Waals surface area contributed by atoms with Crippen LogP contribution in [0.3, 0.4) is 0 Å². The summed E-state index contributed by atoms with van der Waals surface area (Å²) in [6.45, 7) is 2.28. The molecular formula is C11H19N3. The molecule has 14 heavy (non-hydrogen) atoms. The van der Waals surface area contributed by atoms with Gasteiger partial charge in [-0.1, -0.05) is 6.92 Å². The maximum absolute atomic E-state index is 6.10. The van der Waals surface area contributed by atoms with Crippen molar-refractivity contribution in [2.45, 2.75) is 32.2 Å². The van der Waals surface area contributed by atoms with Gasteiger partial charge >= 0.3 is 0 Å². The van der Waals surface area contributed by atoms with Crippen LogP contribution in [-0.4, -0.2) is 15.6 Å². The maximum atomic E-state index is 6.10. The van der Waals surface area contributed by atoms with Gasteiger partial charge in [-0.2, -0.15) is 0 Å². The monoisotopic (exact) mass is 193 g/mol. The van der Waals surface area contributed by atoms with Crippen LogP contribution in [0.25, 0.3) is 0 Å². The molecule has 1 heterocycles. The first-order chi connectivity index (χ1) is 6.68. The third kappa shape index (κ3) is 1.98. The highest BCUT2D eigenvalue weighted by molar-refractivity contribution is 4.95. The smallest absolute Gasteiger partial charge is 0.108 e. The summed E-state index contributed by atoms with van der Waals surface area (Å²) in [7, 11) is 2.04. The van der Waals surface area contributed by atoms with Crippen molar-refractivity contribution in [2.24, 2.45) is 24.6 Å². The van der Waals surface area contributed by atoms with E-state index in [0.29, 0.717) is 6.04 Å². The van der Waals surface area contributed by atoms with Gasteiger partial charge in [0.05, 0.1) is 0 Å². The van der Waals surface area contributed by atoms with Gasteiger partial charge in [0.1, 0.15) is 5.82 Å². The minimum atomic E-state index is 0.377. The fraction of sp³-hybridized carbons (Fsp3) is 0.727. The third-order valence-corrected chi connectivity index (χ3v) is 3.34. The SMILES string of the molecule is CC1CC1C(N)CCc1nccn1C. The molecule has 0 saturated heterocycles. The molecule has 0 aromatic carbocycles. The molecule has 78 valence electrons. The van der Waals surface area contributed by atoms with Crippen molar-refractivity contribution in [2.75, 3.05) is 0 Å². The molecule has 1 fully saturated rings. The average Bonchev–Trinajstić information content (AvgIpc) is 2.74. The van der Waals surface area contributed by atoms with Crippen LogP contribution >= 0.6 is 0 Å². The zero-order valence-corrected chi connectivity index (χ0v) is 8.98. The fourth-order valence-electron chi connectivity index (χ4n) is 2.09. The lowest BCUT2D eigenvalue weighted by molar-refractivity contribution is 0.515. The zero-order chi connectivity index (χ0) is 10.1. The second-order valence-corrected chi connectivity index (χ2v) is 4.53. The number of nitrogens with two attached hydrogens (primary N) is 1. The Hall–Kier alpha value is -0.830. The maximum Gasteiger partial charge on any atom is 0.108 e. The van der Waals surface area contributed by atoms with E-state index in [1.165, 1.54) is 6.42 Å². The predicted molar refractivity (Wildman–Crippen MR) is 56.8 cm³/mol. The Morgan fingerprint density at radius 1 is 1.71 bits per heavy atom. The Bertz CT molecular complexity index is 305. The normalized spacial score (nSPS) is 27.6. The van der Waals surface area contributed by atoms with Crippen LogP contribution in [0, 0.1) is 11.8 Å². The van der Waals surface area contributed by atoms with Crippen LogP contribution in [0.1, 0.15) is 25.6 Å². The van der Waals surface area contributed by atoms with Gasteiger partial charge in [-0.15, -0.1) is 0 Å². The highest BCUT2D eigenvalue weighted by Gasteiger charge is 2.37. The molecule has 3 nitrogen and oxygen atoms in total. The minimum Gasteiger partial charge on any atom is -0.338 e. The summed E-state index contributed by atoms with van der Waals surface area (Å²) in [5, 5.41) is 0. The van der Waals surface area contributed by atoms with E-state index in [1.807, 2.05) is 19.4 Å². The van der Waals surface area contributed by atoms with E-state index in [9.17, 15) is 0 Å². The lowest BCUT2D eigenvalue weighted by atomic mass is 10.1. The van der Waals surface area contributed by atoms with E-state index in [0.717, 1.165) is 30.5 Å². The summed E-state index contributed by atoms with van der Waals surface area (Å²) in [6.07, 6.45) is 7.23. The van der Waals surface area contributed by atoms with Crippen LogP contribution in [0.2, 0.25) is 0 Å². The van der Waals surface area contributed by atoms with Crippen molar-refractivity contribution >= 4 is 0 Å². The van der Waals surface area contributed by atoms with Crippen LogP contribution < -0.4 is 5.73 Å². The molecule has 2 N–H and O–H groups in total. The first-order valence-corrected chi connectivity index (χ1v) is 5.40. The number of imidazole rings is 1. The van der Waals surface area contributed by atoms with E-state index in [1.54, 1.807) is 0 Å². The molecule has 0 radical (unpaired) electrons. The quantitative estimate of drug-likeness (QED) is 0.784. The second-order valence-electron chi connectivity index (χ2n) is 4.53. The number of aromatic nitrogens is 2. The summed E-state index contributed by atoms with van der Waals surface area (Å²) in [4.78, 5) is 4.29. The molecule has 3 atom stereocenters. The van der Waals surface area contributed by atoms with Crippen LogP contribution in [0.15, 0.2) is 12.4 Å². The summed E-state index contributed by atoms with van der Waals surface area (Å²) >= 11 is 0. The Labute approximate surface area is 85.3 Å². The molecule has 3 heteroatoms. The van der Waals surface area contributed by atoms with Crippen molar-refractivity contribution in [1.82, 2.24) is 9.55 Å². The van der Waals surface area contributed by atoms with E-state index < -0.39 is 0 Å². The van der Waals surface area contributed by atoms with E-state index >= 15 is 0 Å². The molecule has 1 aliphatic rings. The molecule has 1 aromatic rings. The molecule has 0 amide bonds. The molecular weight excluding hydrogens is 174 g/mol. The predicted octanol–water partition coefficient (Wildman–Crippen LogP) is 1.34. The van der Waals surface area contributed by atoms with Gasteiger partial charge in [0.25, 0.3) is 0 Å². The second kappa shape index (κ2) is 3.73. The summed E-state index contributed by atoms with van der Waals surface area (Å²) in [5.41, 5.74) is 6.10. The van der Waals surface area contributed by atoms with Gasteiger partial charge in [-0.3, -0.25) is 0 Å². The van der Waals surface area contributed by atoms with Gasteiger partial charge < -0.3 is 10.3 Å². The minimum absolute atomic E-state index is 0.377. The fourth-order valence-corrected chi connectivity index (χ4v) is 2.09. The van der Waals surface area contributed by atoms with Gasteiger partial charge in [-0.25, -0.2) is 4.98 Å². The highest BCUT2D eigenvalue weighted by atomic mass is 15.0.